The Morgan fingerprint density at radius 2 is 1.93 bits per heavy atom. The lowest BCUT2D eigenvalue weighted by molar-refractivity contribution is -0.128. The van der Waals surface area contributed by atoms with E-state index < -0.39 is 0 Å². The third kappa shape index (κ3) is 5.00. The minimum atomic E-state index is -0.262. The first kappa shape index (κ1) is 26.8. The Hall–Kier alpha value is -4.42. The van der Waals surface area contributed by atoms with Crippen molar-refractivity contribution < 1.29 is 9.53 Å². The van der Waals surface area contributed by atoms with Crippen molar-refractivity contribution >= 4 is 33.5 Å². The molecule has 0 bridgehead atoms. The van der Waals surface area contributed by atoms with Crippen LogP contribution in [-0.4, -0.2) is 82.2 Å². The summed E-state index contributed by atoms with van der Waals surface area (Å²) in [6.45, 7) is 6.80. The second-order valence-electron chi connectivity index (χ2n) is 11.0. The number of aryl methyl sites for hydroxylation is 1. The molecule has 2 aliphatic heterocycles. The average Bonchev–Trinajstić information content (AvgIpc) is 3.57. The Bertz CT molecular complexity index is 1650. The summed E-state index contributed by atoms with van der Waals surface area (Å²) in [5.41, 5.74) is 2.94. The van der Waals surface area contributed by atoms with Gasteiger partial charge in [-0.1, -0.05) is 49.0 Å². The first-order chi connectivity index (χ1) is 20.0. The van der Waals surface area contributed by atoms with Crippen LogP contribution in [0.5, 0.6) is 6.01 Å². The molecule has 0 spiro atoms. The van der Waals surface area contributed by atoms with Crippen LogP contribution in [0.3, 0.4) is 0 Å². The number of aromatic nitrogens is 3. The molecule has 0 N–H and O–H groups in total. The van der Waals surface area contributed by atoms with Gasteiger partial charge in [-0.2, -0.15) is 15.2 Å². The predicted molar refractivity (Wildman–Crippen MR) is 161 cm³/mol. The van der Waals surface area contributed by atoms with Gasteiger partial charge in [0.05, 0.1) is 29.6 Å². The van der Waals surface area contributed by atoms with Crippen LogP contribution in [0, 0.1) is 11.3 Å². The number of nitrogens with zero attached hydrogens (tertiary/aromatic N) is 7. The van der Waals surface area contributed by atoms with E-state index in [-0.39, 0.29) is 18.4 Å². The number of piperazine rings is 1. The first-order valence-corrected chi connectivity index (χ1v) is 14.2. The summed E-state index contributed by atoms with van der Waals surface area (Å²) in [7, 11) is 4.16. The van der Waals surface area contributed by atoms with Crippen LogP contribution < -0.4 is 9.64 Å². The molecule has 2 aromatic carbocycles. The second kappa shape index (κ2) is 11.2. The molecular formula is C32H35N7O2. The number of benzene rings is 2. The Kier molecular flexibility index (Phi) is 7.33. The lowest BCUT2D eigenvalue weighted by Gasteiger charge is -2.40. The zero-order valence-corrected chi connectivity index (χ0v) is 23.7. The van der Waals surface area contributed by atoms with Crippen molar-refractivity contribution in [2.75, 3.05) is 44.7 Å². The summed E-state index contributed by atoms with van der Waals surface area (Å²) < 4.78 is 8.37. The van der Waals surface area contributed by atoms with Crippen LogP contribution in [0.4, 0.5) is 5.82 Å². The number of amides is 1. The van der Waals surface area contributed by atoms with Crippen molar-refractivity contribution in [1.29, 1.82) is 5.26 Å². The van der Waals surface area contributed by atoms with Crippen molar-refractivity contribution in [3.05, 3.63) is 61.2 Å². The Balaban J connectivity index is 1.44. The van der Waals surface area contributed by atoms with E-state index in [0.29, 0.717) is 38.3 Å². The van der Waals surface area contributed by atoms with Crippen molar-refractivity contribution in [3.63, 3.8) is 0 Å². The largest absolute Gasteiger partial charge is 0.462 e. The maximum absolute atomic E-state index is 12.5. The molecule has 41 heavy (non-hydrogen) atoms. The van der Waals surface area contributed by atoms with Gasteiger partial charge in [0, 0.05) is 38.3 Å². The fourth-order valence-corrected chi connectivity index (χ4v) is 6.27. The zero-order chi connectivity index (χ0) is 28.5. The molecule has 9 heteroatoms. The molecule has 210 valence electrons. The minimum absolute atomic E-state index is 0.152. The van der Waals surface area contributed by atoms with E-state index in [2.05, 4.69) is 82.6 Å². The summed E-state index contributed by atoms with van der Waals surface area (Å²) in [6, 6.07) is 19.6. The van der Waals surface area contributed by atoms with Crippen LogP contribution in [0.25, 0.3) is 33.1 Å². The number of rotatable bonds is 7. The predicted octanol–water partition coefficient (Wildman–Crippen LogP) is 4.38. The van der Waals surface area contributed by atoms with Crippen molar-refractivity contribution in [2.45, 2.75) is 31.3 Å². The molecule has 2 atom stereocenters. The zero-order valence-electron chi connectivity index (χ0n) is 23.7. The monoisotopic (exact) mass is 549 g/mol. The number of hydrogen-bond acceptors (Lipinski definition) is 7. The maximum Gasteiger partial charge on any atom is 0.320 e. The number of carbonyl (C=O) groups excluding carboxylic acids is 1. The number of hydrogen-bond donors (Lipinski definition) is 0. The Morgan fingerprint density at radius 3 is 2.71 bits per heavy atom. The molecular weight excluding hydrogens is 514 g/mol. The van der Waals surface area contributed by atoms with Crippen LogP contribution >= 0.6 is 0 Å². The molecule has 2 fully saturated rings. The number of fused-ring (bicyclic) bond motifs is 2. The van der Waals surface area contributed by atoms with Gasteiger partial charge in [-0.15, -0.1) is 0 Å². The number of nitriles is 1. The number of ether oxygens (including phenoxy) is 1. The number of likely N-dealkylation sites (tertiary alicyclic amines) is 1. The highest BCUT2D eigenvalue weighted by molar-refractivity contribution is 6.00. The van der Waals surface area contributed by atoms with Crippen molar-refractivity contribution in [1.82, 2.24) is 24.3 Å². The minimum Gasteiger partial charge on any atom is -0.462 e. The van der Waals surface area contributed by atoms with Gasteiger partial charge < -0.3 is 24.0 Å². The van der Waals surface area contributed by atoms with Crippen LogP contribution in [-0.2, 0) is 11.8 Å². The molecule has 0 aliphatic carbocycles. The highest BCUT2D eigenvalue weighted by Crippen LogP contribution is 2.36. The van der Waals surface area contributed by atoms with E-state index in [1.165, 1.54) is 16.8 Å². The lowest BCUT2D eigenvalue weighted by Crippen LogP contribution is -2.55. The normalized spacial score (nSPS) is 19.5. The van der Waals surface area contributed by atoms with Gasteiger partial charge in [-0.25, -0.2) is 0 Å². The maximum atomic E-state index is 12.5. The molecule has 4 aromatic rings. The topological polar surface area (TPSA) is 90.5 Å². The number of anilines is 1. The van der Waals surface area contributed by atoms with Gasteiger partial charge in [0.1, 0.15) is 18.1 Å². The highest BCUT2D eigenvalue weighted by Gasteiger charge is 2.32. The average molecular weight is 550 g/mol. The third-order valence-electron chi connectivity index (χ3n) is 8.55. The second-order valence-corrected chi connectivity index (χ2v) is 11.0. The van der Waals surface area contributed by atoms with E-state index in [4.69, 9.17) is 14.7 Å². The van der Waals surface area contributed by atoms with E-state index in [1.807, 2.05) is 7.05 Å². The van der Waals surface area contributed by atoms with Gasteiger partial charge >= 0.3 is 6.01 Å². The molecule has 2 aliphatic rings. The van der Waals surface area contributed by atoms with Gasteiger partial charge in [0.15, 0.2) is 0 Å². The summed E-state index contributed by atoms with van der Waals surface area (Å²) >= 11 is 0. The van der Waals surface area contributed by atoms with Gasteiger partial charge in [0.25, 0.3) is 0 Å². The van der Waals surface area contributed by atoms with Crippen molar-refractivity contribution in [2.24, 2.45) is 7.05 Å². The lowest BCUT2D eigenvalue weighted by atomic mass is 10.0. The first-order valence-electron chi connectivity index (χ1n) is 14.2. The highest BCUT2D eigenvalue weighted by atomic mass is 16.5. The summed E-state index contributed by atoms with van der Waals surface area (Å²) in [6.07, 6.45) is 3.81. The van der Waals surface area contributed by atoms with E-state index in [9.17, 15) is 10.1 Å². The molecule has 0 unspecified atom stereocenters. The molecule has 1 amide bonds. The molecule has 9 nitrogen and oxygen atoms in total. The number of likely N-dealkylation sites (N-methyl/N-ethyl adjacent to an activating group) is 1. The smallest absolute Gasteiger partial charge is 0.320 e. The van der Waals surface area contributed by atoms with E-state index in [1.54, 1.807) is 4.90 Å². The molecule has 2 saturated heterocycles. The van der Waals surface area contributed by atoms with Crippen LogP contribution in [0.15, 0.2) is 61.2 Å². The summed E-state index contributed by atoms with van der Waals surface area (Å²) in [5, 5.41) is 12.8. The fourth-order valence-electron chi connectivity index (χ4n) is 6.27. The third-order valence-corrected chi connectivity index (χ3v) is 8.55. The quantitative estimate of drug-likeness (QED) is 0.316. The molecule has 0 saturated carbocycles. The Labute approximate surface area is 240 Å². The summed E-state index contributed by atoms with van der Waals surface area (Å²) in [4.78, 5) is 28.6. The summed E-state index contributed by atoms with van der Waals surface area (Å²) in [5.74, 6) is 0.612. The van der Waals surface area contributed by atoms with Gasteiger partial charge in [0.2, 0.25) is 5.91 Å². The standard InChI is InChI=1S/C32H35N7O2/c1-4-29(40)39-18-17-38(20-23(39)14-15-33)31-27-19-28(26-13-7-10-22-9-5-6-12-25(22)26)37(3)30(27)34-32(35-31)41-21-24-11-8-16-36(24)2/h4-7,9-10,12-13,19,23-24H,1,8,11,14,16-18,20-21H2,2-3H3/t23-,24-/m0/s1. The van der Waals surface area contributed by atoms with Crippen LogP contribution in [0.1, 0.15) is 19.3 Å². The fraction of sp³-hybridized carbons (Fsp3) is 0.375. The molecule has 2 aromatic heterocycles. The van der Waals surface area contributed by atoms with Crippen molar-refractivity contribution in [3.8, 4) is 23.3 Å². The molecule has 4 heterocycles. The van der Waals surface area contributed by atoms with Gasteiger partial charge in [-0.3, -0.25) is 4.79 Å². The molecule has 0 radical (unpaired) electrons. The van der Waals surface area contributed by atoms with Crippen LogP contribution in [0.2, 0.25) is 0 Å². The number of carbonyl (C=O) groups is 1. The van der Waals surface area contributed by atoms with Gasteiger partial charge in [-0.05, 0) is 49.3 Å². The van der Waals surface area contributed by atoms with E-state index >= 15 is 0 Å². The van der Waals surface area contributed by atoms with E-state index in [0.717, 1.165) is 47.5 Å². The Morgan fingerprint density at radius 1 is 1.10 bits per heavy atom. The molecule has 6 rings (SSSR count). The SMILES string of the molecule is C=CC(=O)N1CCN(c2nc(OC[C@@H]3CCCN3C)nc3c2cc(-c2cccc4ccccc24)n3C)C[C@@H]1CC#N.